The fourth-order valence-electron chi connectivity index (χ4n) is 0.367. The summed E-state index contributed by atoms with van der Waals surface area (Å²) in [5.74, 6) is 0. The standard InChI is InChI=1S/C4H9O4P/c1-7-4(8-2)3-9(5)6/h4H,3H2,1-2H3. The van der Waals surface area contributed by atoms with Crippen LogP contribution in [0.15, 0.2) is 0 Å². The molecule has 0 aliphatic heterocycles. The SMILES string of the molecule is COC(C[P+](=O)[O-])OC. The van der Waals surface area contributed by atoms with E-state index in [2.05, 4.69) is 9.47 Å². The van der Waals surface area contributed by atoms with Crippen molar-refractivity contribution < 1.29 is 18.9 Å². The van der Waals surface area contributed by atoms with E-state index in [4.69, 9.17) is 0 Å². The Kier molecular flexibility index (Phi) is 4.81. The van der Waals surface area contributed by atoms with Crippen LogP contribution in [0.5, 0.6) is 0 Å². The van der Waals surface area contributed by atoms with E-state index in [0.717, 1.165) is 0 Å². The van der Waals surface area contributed by atoms with Crippen molar-refractivity contribution in [3.8, 4) is 0 Å². The molecule has 0 aromatic heterocycles. The summed E-state index contributed by atoms with van der Waals surface area (Å²) in [5, 5.41) is 0. The molecule has 0 aromatic carbocycles. The van der Waals surface area contributed by atoms with Gasteiger partial charge >= 0.3 is 8.03 Å². The Morgan fingerprint density at radius 3 is 2.11 bits per heavy atom. The molecular formula is C4H9O4P. The Hall–Kier alpha value is -0.0200. The predicted molar refractivity (Wildman–Crippen MR) is 30.3 cm³/mol. The Bertz CT molecular complexity index is 90.6. The average molecular weight is 152 g/mol. The molecule has 0 heterocycles. The summed E-state index contributed by atoms with van der Waals surface area (Å²) < 4.78 is 19.2. The van der Waals surface area contributed by atoms with E-state index in [9.17, 15) is 9.46 Å². The van der Waals surface area contributed by atoms with Gasteiger partial charge in [0.2, 0.25) is 6.29 Å². The number of hydrogen-bond acceptors (Lipinski definition) is 4. The van der Waals surface area contributed by atoms with Gasteiger partial charge < -0.3 is 14.4 Å². The van der Waals surface area contributed by atoms with E-state index in [-0.39, 0.29) is 6.16 Å². The molecule has 0 spiro atoms. The second-order valence-corrected chi connectivity index (χ2v) is 2.45. The summed E-state index contributed by atoms with van der Waals surface area (Å²) in [5.41, 5.74) is 0. The summed E-state index contributed by atoms with van der Waals surface area (Å²) in [7, 11) is 0.390. The zero-order valence-corrected chi connectivity index (χ0v) is 6.26. The highest BCUT2D eigenvalue weighted by molar-refractivity contribution is 7.36. The largest absolute Gasteiger partial charge is 0.595 e. The van der Waals surface area contributed by atoms with Gasteiger partial charge in [-0.15, -0.1) is 0 Å². The van der Waals surface area contributed by atoms with Crippen LogP contribution in [0.25, 0.3) is 0 Å². The quantitative estimate of drug-likeness (QED) is 0.410. The third-order valence-electron chi connectivity index (χ3n) is 0.824. The van der Waals surface area contributed by atoms with Gasteiger partial charge in [-0.3, -0.25) is 0 Å². The lowest BCUT2D eigenvalue weighted by molar-refractivity contribution is -0.170. The van der Waals surface area contributed by atoms with Crippen molar-refractivity contribution in [3.05, 3.63) is 0 Å². The first kappa shape index (κ1) is 8.98. The monoisotopic (exact) mass is 152 g/mol. The molecule has 1 atom stereocenters. The molecule has 0 fully saturated rings. The summed E-state index contributed by atoms with van der Waals surface area (Å²) in [6.07, 6.45) is -0.700. The Morgan fingerprint density at radius 2 is 2.00 bits per heavy atom. The minimum Gasteiger partial charge on any atom is -0.595 e. The lowest BCUT2D eigenvalue weighted by Crippen LogP contribution is -2.17. The first-order valence-electron chi connectivity index (χ1n) is 2.38. The molecule has 0 rings (SSSR count). The summed E-state index contributed by atoms with van der Waals surface area (Å²) in [4.78, 5) is 10.0. The van der Waals surface area contributed by atoms with Crippen molar-refractivity contribution in [2.24, 2.45) is 0 Å². The van der Waals surface area contributed by atoms with Crippen LogP contribution in [0.4, 0.5) is 0 Å². The van der Waals surface area contributed by atoms with Crippen molar-refractivity contribution in [2.75, 3.05) is 20.4 Å². The molecule has 0 radical (unpaired) electrons. The van der Waals surface area contributed by atoms with E-state index >= 15 is 0 Å². The van der Waals surface area contributed by atoms with Crippen molar-refractivity contribution in [1.82, 2.24) is 0 Å². The molecular weight excluding hydrogens is 143 g/mol. The normalized spacial score (nSPS) is 12.2. The van der Waals surface area contributed by atoms with Crippen molar-refractivity contribution in [3.63, 3.8) is 0 Å². The van der Waals surface area contributed by atoms with Crippen LogP contribution < -0.4 is 4.89 Å². The molecule has 0 aromatic rings. The number of rotatable bonds is 4. The van der Waals surface area contributed by atoms with Gasteiger partial charge in [-0.1, -0.05) is 4.57 Å². The van der Waals surface area contributed by atoms with Gasteiger partial charge in [0, 0.05) is 14.2 Å². The summed E-state index contributed by atoms with van der Waals surface area (Å²) >= 11 is 0. The molecule has 9 heavy (non-hydrogen) atoms. The van der Waals surface area contributed by atoms with E-state index in [1.54, 1.807) is 0 Å². The van der Waals surface area contributed by atoms with Crippen LogP contribution in [0.2, 0.25) is 0 Å². The average Bonchev–Trinajstić information content (AvgIpc) is 1.82. The molecule has 0 aliphatic carbocycles. The second kappa shape index (κ2) is 4.82. The van der Waals surface area contributed by atoms with Crippen LogP contribution in [0.3, 0.4) is 0 Å². The molecule has 0 saturated heterocycles. The third-order valence-corrected chi connectivity index (χ3v) is 1.42. The molecule has 0 N–H and O–H groups in total. The Morgan fingerprint density at radius 1 is 1.56 bits per heavy atom. The third kappa shape index (κ3) is 4.48. The molecule has 54 valence electrons. The first-order valence-corrected chi connectivity index (χ1v) is 3.74. The van der Waals surface area contributed by atoms with Crippen LogP contribution in [-0.2, 0) is 14.0 Å². The topological polar surface area (TPSA) is 58.6 Å². The van der Waals surface area contributed by atoms with Crippen molar-refractivity contribution >= 4 is 8.03 Å². The zero-order chi connectivity index (χ0) is 7.28. The lowest BCUT2D eigenvalue weighted by atomic mass is 10.7. The highest BCUT2D eigenvalue weighted by Crippen LogP contribution is 2.10. The molecule has 1 unspecified atom stereocenters. The second-order valence-electron chi connectivity index (χ2n) is 1.42. The van der Waals surface area contributed by atoms with Gasteiger partial charge in [0.05, 0.1) is 0 Å². The van der Waals surface area contributed by atoms with Gasteiger partial charge in [0.1, 0.15) is 0 Å². The predicted octanol–water partition coefficient (Wildman–Crippen LogP) is -0.292. The fraction of sp³-hybridized carbons (Fsp3) is 1.00. The maximum atomic E-state index is 10.0. The fourth-order valence-corrected chi connectivity index (χ4v) is 0.909. The van der Waals surface area contributed by atoms with Gasteiger partial charge in [-0.25, -0.2) is 0 Å². The van der Waals surface area contributed by atoms with Gasteiger partial charge in [-0.2, -0.15) is 0 Å². The molecule has 0 aliphatic rings. The highest BCUT2D eigenvalue weighted by Gasteiger charge is 2.12. The minimum atomic E-state index is -2.40. The Labute approximate surface area is 54.6 Å². The zero-order valence-electron chi connectivity index (χ0n) is 5.36. The van der Waals surface area contributed by atoms with Crippen LogP contribution in [0, 0.1) is 0 Å². The number of ether oxygens (including phenoxy) is 2. The van der Waals surface area contributed by atoms with Crippen LogP contribution >= 0.6 is 8.03 Å². The van der Waals surface area contributed by atoms with Gasteiger partial charge in [0.25, 0.3) is 0 Å². The lowest BCUT2D eigenvalue weighted by Gasteiger charge is -2.06. The summed E-state index contributed by atoms with van der Waals surface area (Å²) in [6, 6.07) is 0. The van der Waals surface area contributed by atoms with E-state index in [1.807, 2.05) is 0 Å². The number of hydrogen-bond donors (Lipinski definition) is 0. The van der Waals surface area contributed by atoms with Crippen LogP contribution in [0.1, 0.15) is 0 Å². The van der Waals surface area contributed by atoms with Crippen molar-refractivity contribution in [2.45, 2.75) is 6.29 Å². The smallest absolute Gasteiger partial charge is 0.314 e. The minimum absolute atomic E-state index is 0.0810. The molecule has 5 heteroatoms. The van der Waals surface area contributed by atoms with E-state index in [0.29, 0.717) is 0 Å². The van der Waals surface area contributed by atoms with Crippen LogP contribution in [-0.4, -0.2) is 26.7 Å². The molecule has 0 saturated carbocycles. The van der Waals surface area contributed by atoms with Crippen molar-refractivity contribution in [1.29, 1.82) is 0 Å². The summed E-state index contributed by atoms with van der Waals surface area (Å²) in [6.45, 7) is 0. The molecule has 4 nitrogen and oxygen atoms in total. The maximum Gasteiger partial charge on any atom is 0.314 e. The van der Waals surface area contributed by atoms with Gasteiger partial charge in [0.15, 0.2) is 6.16 Å². The maximum absolute atomic E-state index is 10.0. The molecule has 0 bridgehead atoms. The number of methoxy groups -OCH3 is 2. The van der Waals surface area contributed by atoms with E-state index in [1.165, 1.54) is 14.2 Å². The first-order chi connectivity index (χ1) is 4.20. The molecule has 0 amide bonds. The van der Waals surface area contributed by atoms with E-state index < -0.39 is 14.3 Å². The highest BCUT2D eigenvalue weighted by atomic mass is 31.1. The van der Waals surface area contributed by atoms with Gasteiger partial charge in [-0.05, 0) is 0 Å². The Balaban J connectivity index is 3.43.